The fraction of sp³-hybridized carbons (Fsp3) is 0.556. The molecule has 126 valence electrons. The molecule has 1 fully saturated rings. The summed E-state index contributed by atoms with van der Waals surface area (Å²) in [5.74, 6) is -0.0304. The molecule has 5 nitrogen and oxygen atoms in total. The van der Waals surface area contributed by atoms with Crippen LogP contribution >= 0.6 is 0 Å². The summed E-state index contributed by atoms with van der Waals surface area (Å²) >= 11 is 0. The number of nitrogens with zero attached hydrogens (tertiary/aromatic N) is 2. The first-order chi connectivity index (χ1) is 10.8. The van der Waals surface area contributed by atoms with Gasteiger partial charge >= 0.3 is 6.09 Å². The van der Waals surface area contributed by atoms with Gasteiger partial charge in [0.25, 0.3) is 0 Å². The highest BCUT2D eigenvalue weighted by Crippen LogP contribution is 2.22. The van der Waals surface area contributed by atoms with Crippen LogP contribution in [0.1, 0.15) is 39.2 Å². The summed E-state index contributed by atoms with van der Waals surface area (Å²) in [7, 11) is 1.78. The summed E-state index contributed by atoms with van der Waals surface area (Å²) in [6.45, 7) is 6.61. The molecule has 1 aliphatic heterocycles. The second-order valence-electron chi connectivity index (χ2n) is 7.01. The number of ether oxygens (including phenoxy) is 1. The van der Waals surface area contributed by atoms with Crippen molar-refractivity contribution in [3.63, 3.8) is 0 Å². The Kier molecular flexibility index (Phi) is 5.29. The molecule has 1 atom stereocenters. The molecule has 0 N–H and O–H groups in total. The molecule has 2 rings (SSSR count). The van der Waals surface area contributed by atoms with E-state index in [9.17, 15) is 9.59 Å². The molecule has 0 aromatic heterocycles. The Morgan fingerprint density at radius 1 is 1.26 bits per heavy atom. The number of amides is 2. The van der Waals surface area contributed by atoms with E-state index in [2.05, 4.69) is 0 Å². The Morgan fingerprint density at radius 3 is 2.52 bits per heavy atom. The lowest BCUT2D eigenvalue weighted by Crippen LogP contribution is -2.47. The summed E-state index contributed by atoms with van der Waals surface area (Å²) in [6.07, 6.45) is 1.12. The smallest absolute Gasteiger partial charge is 0.410 e. The highest BCUT2D eigenvalue weighted by Gasteiger charge is 2.37. The van der Waals surface area contributed by atoms with Gasteiger partial charge < -0.3 is 9.64 Å². The van der Waals surface area contributed by atoms with Gasteiger partial charge in [-0.25, -0.2) is 4.79 Å². The molecule has 1 saturated heterocycles. The first kappa shape index (κ1) is 17.3. The van der Waals surface area contributed by atoms with E-state index in [0.717, 1.165) is 12.0 Å². The summed E-state index contributed by atoms with van der Waals surface area (Å²) in [6, 6.07) is 9.42. The molecule has 0 spiro atoms. The monoisotopic (exact) mass is 318 g/mol. The maximum atomic E-state index is 12.7. The zero-order valence-corrected chi connectivity index (χ0v) is 14.4. The molecular formula is C18H26N2O3. The third-order valence-electron chi connectivity index (χ3n) is 3.80. The third-order valence-corrected chi connectivity index (χ3v) is 3.80. The molecule has 1 heterocycles. The van der Waals surface area contributed by atoms with Crippen molar-refractivity contribution in [1.29, 1.82) is 0 Å². The van der Waals surface area contributed by atoms with Gasteiger partial charge in [0.05, 0.1) is 0 Å². The van der Waals surface area contributed by atoms with E-state index in [4.69, 9.17) is 4.74 Å². The van der Waals surface area contributed by atoms with Crippen LogP contribution in [0.2, 0.25) is 0 Å². The van der Waals surface area contributed by atoms with Crippen LogP contribution in [-0.4, -0.2) is 47.0 Å². The molecule has 1 aliphatic rings. The third kappa shape index (κ3) is 4.71. The minimum atomic E-state index is -0.552. The maximum absolute atomic E-state index is 12.7. The van der Waals surface area contributed by atoms with Crippen molar-refractivity contribution in [1.82, 2.24) is 9.80 Å². The van der Waals surface area contributed by atoms with Gasteiger partial charge in [0.1, 0.15) is 11.6 Å². The Balaban J connectivity index is 2.01. The van der Waals surface area contributed by atoms with E-state index in [1.165, 1.54) is 0 Å². The number of benzene rings is 1. The quantitative estimate of drug-likeness (QED) is 0.860. The van der Waals surface area contributed by atoms with E-state index >= 15 is 0 Å². The van der Waals surface area contributed by atoms with Gasteiger partial charge in [-0.15, -0.1) is 0 Å². The Morgan fingerprint density at radius 2 is 1.91 bits per heavy atom. The number of likely N-dealkylation sites (tertiary alicyclic amines) is 1. The molecule has 5 heteroatoms. The second kappa shape index (κ2) is 7.02. The molecule has 0 radical (unpaired) electrons. The lowest BCUT2D eigenvalue weighted by Gasteiger charge is -2.30. The van der Waals surface area contributed by atoms with Crippen molar-refractivity contribution < 1.29 is 14.3 Å². The van der Waals surface area contributed by atoms with Gasteiger partial charge in [-0.2, -0.15) is 0 Å². The zero-order chi connectivity index (χ0) is 17.0. The van der Waals surface area contributed by atoms with Crippen molar-refractivity contribution in [2.75, 3.05) is 13.6 Å². The van der Waals surface area contributed by atoms with Crippen molar-refractivity contribution >= 4 is 12.0 Å². The fourth-order valence-electron chi connectivity index (χ4n) is 2.75. The minimum Gasteiger partial charge on any atom is -0.444 e. The van der Waals surface area contributed by atoms with E-state index in [0.29, 0.717) is 19.5 Å². The maximum Gasteiger partial charge on any atom is 0.410 e. The standard InChI is InChI=1S/C18H26N2O3/c1-18(2,3)23-17(22)20-12-8-11-15(20)16(21)19(4)13-14-9-6-5-7-10-14/h5-7,9-10,15H,8,11-13H2,1-4H3/t15-/m1/s1. The lowest BCUT2D eigenvalue weighted by atomic mass is 10.1. The largest absolute Gasteiger partial charge is 0.444 e. The average Bonchev–Trinajstić information content (AvgIpc) is 2.95. The predicted octanol–water partition coefficient (Wildman–Crippen LogP) is 3.04. The van der Waals surface area contributed by atoms with E-state index in [1.807, 2.05) is 51.1 Å². The van der Waals surface area contributed by atoms with Gasteiger partial charge in [0.2, 0.25) is 5.91 Å². The Hall–Kier alpha value is -2.04. The van der Waals surface area contributed by atoms with Crippen LogP contribution in [0.3, 0.4) is 0 Å². The average molecular weight is 318 g/mol. The minimum absolute atomic E-state index is 0.0304. The van der Waals surface area contributed by atoms with E-state index in [1.54, 1.807) is 16.8 Å². The molecule has 23 heavy (non-hydrogen) atoms. The van der Waals surface area contributed by atoms with E-state index < -0.39 is 17.7 Å². The number of hydrogen-bond donors (Lipinski definition) is 0. The van der Waals surface area contributed by atoms with Gasteiger partial charge in [0.15, 0.2) is 0 Å². The van der Waals surface area contributed by atoms with Crippen LogP contribution in [0, 0.1) is 0 Å². The topological polar surface area (TPSA) is 49.9 Å². The summed E-state index contributed by atoms with van der Waals surface area (Å²) in [5, 5.41) is 0. The van der Waals surface area contributed by atoms with Gasteiger partial charge in [-0.1, -0.05) is 30.3 Å². The lowest BCUT2D eigenvalue weighted by molar-refractivity contribution is -0.135. The SMILES string of the molecule is CN(Cc1ccccc1)C(=O)[C@H]1CCCN1C(=O)OC(C)(C)C. The van der Waals surface area contributed by atoms with Gasteiger partial charge in [-0.05, 0) is 39.2 Å². The van der Waals surface area contributed by atoms with E-state index in [-0.39, 0.29) is 5.91 Å². The first-order valence-corrected chi connectivity index (χ1v) is 8.06. The van der Waals surface area contributed by atoms with Crippen LogP contribution < -0.4 is 0 Å². The van der Waals surface area contributed by atoms with Crippen molar-refractivity contribution in [3.05, 3.63) is 35.9 Å². The van der Waals surface area contributed by atoms with Crippen LogP contribution in [0.4, 0.5) is 4.79 Å². The molecule has 0 bridgehead atoms. The van der Waals surface area contributed by atoms with Crippen LogP contribution in [0.5, 0.6) is 0 Å². The van der Waals surface area contributed by atoms with Gasteiger partial charge in [-0.3, -0.25) is 9.69 Å². The van der Waals surface area contributed by atoms with Crippen molar-refractivity contribution in [2.24, 2.45) is 0 Å². The molecule has 1 aromatic carbocycles. The second-order valence-corrected chi connectivity index (χ2v) is 7.01. The Bertz CT molecular complexity index is 551. The van der Waals surface area contributed by atoms with Crippen molar-refractivity contribution in [2.45, 2.75) is 51.8 Å². The van der Waals surface area contributed by atoms with Crippen LogP contribution in [0.15, 0.2) is 30.3 Å². The number of hydrogen-bond acceptors (Lipinski definition) is 3. The van der Waals surface area contributed by atoms with Gasteiger partial charge in [0, 0.05) is 20.1 Å². The molecule has 0 unspecified atom stereocenters. The van der Waals surface area contributed by atoms with Crippen LogP contribution in [-0.2, 0) is 16.1 Å². The highest BCUT2D eigenvalue weighted by atomic mass is 16.6. The number of carbonyl (C=O) groups is 2. The molecule has 0 saturated carbocycles. The van der Waals surface area contributed by atoms with Crippen molar-refractivity contribution in [3.8, 4) is 0 Å². The molecular weight excluding hydrogens is 292 g/mol. The highest BCUT2D eigenvalue weighted by molar-refractivity contribution is 5.86. The number of likely N-dealkylation sites (N-methyl/N-ethyl adjacent to an activating group) is 1. The number of carbonyl (C=O) groups excluding carboxylic acids is 2. The number of rotatable bonds is 3. The Labute approximate surface area is 138 Å². The normalized spacial score (nSPS) is 17.9. The summed E-state index contributed by atoms with van der Waals surface area (Å²) < 4.78 is 5.42. The fourth-order valence-corrected chi connectivity index (χ4v) is 2.75. The zero-order valence-electron chi connectivity index (χ0n) is 14.4. The summed E-state index contributed by atoms with van der Waals surface area (Å²) in [4.78, 5) is 28.2. The molecule has 1 aromatic rings. The molecule has 2 amide bonds. The summed E-state index contributed by atoms with van der Waals surface area (Å²) in [5.41, 5.74) is 0.522. The molecule has 0 aliphatic carbocycles. The van der Waals surface area contributed by atoms with Crippen LogP contribution in [0.25, 0.3) is 0 Å². The predicted molar refractivity (Wildman–Crippen MR) is 88.9 cm³/mol. The first-order valence-electron chi connectivity index (χ1n) is 8.06.